The topological polar surface area (TPSA) is 175 Å². The number of aliphatic carboxylic acids is 1. The van der Waals surface area contributed by atoms with E-state index in [1.54, 1.807) is 0 Å². The highest BCUT2D eigenvalue weighted by molar-refractivity contribution is 5.74. The van der Waals surface area contributed by atoms with Crippen molar-refractivity contribution in [2.24, 2.45) is 0 Å². The van der Waals surface area contributed by atoms with Crippen LogP contribution < -0.4 is 0 Å². The molecule has 1 saturated heterocycles. The van der Waals surface area contributed by atoms with Crippen LogP contribution in [0.1, 0.15) is 290 Å². The largest absolute Gasteiger partial charge is 0.479 e. The van der Waals surface area contributed by atoms with Gasteiger partial charge >= 0.3 is 23.9 Å². The van der Waals surface area contributed by atoms with E-state index in [-0.39, 0.29) is 25.9 Å². The minimum Gasteiger partial charge on any atom is -0.479 e. The molecule has 0 aromatic rings. The third kappa shape index (κ3) is 46.3. The molecule has 1 fully saturated rings. The molecule has 1 aliphatic heterocycles. The van der Waals surface area contributed by atoms with Crippen molar-refractivity contribution in [3.05, 3.63) is 72.9 Å². The molecule has 1 heterocycles. The maximum Gasteiger partial charge on any atom is 0.335 e. The summed E-state index contributed by atoms with van der Waals surface area (Å²) in [6.45, 7) is 5.87. The molecule has 81 heavy (non-hydrogen) atoms. The molecule has 0 amide bonds. The number of carbonyl (C=O) groups excluding carboxylic acids is 3. The lowest BCUT2D eigenvalue weighted by Gasteiger charge is -2.40. The highest BCUT2D eigenvalue weighted by Crippen LogP contribution is 2.27. The molecule has 0 bridgehead atoms. The van der Waals surface area contributed by atoms with E-state index in [2.05, 4.69) is 93.7 Å². The maximum atomic E-state index is 13.2. The molecule has 6 atom stereocenters. The summed E-state index contributed by atoms with van der Waals surface area (Å²) in [6, 6.07) is 0. The van der Waals surface area contributed by atoms with Gasteiger partial charge < -0.3 is 39.0 Å². The normalized spacial score (nSPS) is 18.2. The lowest BCUT2D eigenvalue weighted by atomic mass is 9.98. The Morgan fingerprint density at radius 2 is 0.778 bits per heavy atom. The number of aliphatic hydroxyl groups is 2. The van der Waals surface area contributed by atoms with Crippen molar-refractivity contribution >= 4 is 23.9 Å². The van der Waals surface area contributed by atoms with E-state index >= 15 is 0 Å². The van der Waals surface area contributed by atoms with E-state index < -0.39 is 67.3 Å². The van der Waals surface area contributed by atoms with Gasteiger partial charge in [0.2, 0.25) is 0 Å². The lowest BCUT2D eigenvalue weighted by molar-refractivity contribution is -0.301. The van der Waals surface area contributed by atoms with Gasteiger partial charge in [0.15, 0.2) is 24.6 Å². The van der Waals surface area contributed by atoms with Crippen LogP contribution in [0, 0.1) is 0 Å². The highest BCUT2D eigenvalue weighted by Gasteiger charge is 2.50. The first-order valence-electron chi connectivity index (χ1n) is 32.9. The van der Waals surface area contributed by atoms with Crippen LogP contribution in [-0.2, 0) is 42.9 Å². The molecular weight excluding hydrogens is 1020 g/mol. The summed E-state index contributed by atoms with van der Waals surface area (Å²) in [5, 5.41) is 31.6. The van der Waals surface area contributed by atoms with Crippen LogP contribution in [0.5, 0.6) is 0 Å². The van der Waals surface area contributed by atoms with Gasteiger partial charge in [0.1, 0.15) is 18.8 Å². The Balaban J connectivity index is 2.66. The first-order chi connectivity index (χ1) is 39.6. The Labute approximate surface area is 493 Å². The zero-order valence-corrected chi connectivity index (χ0v) is 51.5. The summed E-state index contributed by atoms with van der Waals surface area (Å²) in [6.07, 6.45) is 60.0. The van der Waals surface area contributed by atoms with Crippen molar-refractivity contribution in [1.29, 1.82) is 0 Å². The van der Waals surface area contributed by atoms with Crippen molar-refractivity contribution in [3.8, 4) is 0 Å². The van der Waals surface area contributed by atoms with Gasteiger partial charge in [-0.2, -0.15) is 0 Å². The number of hydrogen-bond donors (Lipinski definition) is 3. The molecule has 0 saturated carbocycles. The number of esters is 3. The molecule has 6 unspecified atom stereocenters. The summed E-state index contributed by atoms with van der Waals surface area (Å²) in [4.78, 5) is 51.3. The van der Waals surface area contributed by atoms with Gasteiger partial charge in [-0.15, -0.1) is 0 Å². The fourth-order valence-corrected chi connectivity index (χ4v) is 9.70. The SMILES string of the molecule is CC/C=C\C/C=C\C/C=C\CCCCCCCCCC(=O)OC(COC(=O)CCCCCCCCCCC/C=C\CCCCCCCC)COC1OC(C(=O)O)C(O)C(O)C1OC(=O)CCCCCCC/C=C\C/C=C\CCCCC. The van der Waals surface area contributed by atoms with Crippen LogP contribution in [0.25, 0.3) is 0 Å². The molecular formula is C69H118O12. The second-order valence-electron chi connectivity index (χ2n) is 22.4. The van der Waals surface area contributed by atoms with E-state index in [4.69, 9.17) is 23.7 Å². The molecule has 0 aliphatic carbocycles. The van der Waals surface area contributed by atoms with Crippen LogP contribution in [0.3, 0.4) is 0 Å². The van der Waals surface area contributed by atoms with E-state index in [0.29, 0.717) is 19.3 Å². The number of rotatable bonds is 56. The minimum atomic E-state index is -1.91. The van der Waals surface area contributed by atoms with Crippen molar-refractivity contribution in [2.75, 3.05) is 13.2 Å². The van der Waals surface area contributed by atoms with Crippen molar-refractivity contribution in [1.82, 2.24) is 0 Å². The van der Waals surface area contributed by atoms with Gasteiger partial charge in [-0.25, -0.2) is 4.79 Å². The van der Waals surface area contributed by atoms with E-state index in [1.165, 1.54) is 103 Å². The van der Waals surface area contributed by atoms with Crippen molar-refractivity contribution in [3.63, 3.8) is 0 Å². The Morgan fingerprint density at radius 1 is 0.420 bits per heavy atom. The average molecular weight is 1140 g/mol. The van der Waals surface area contributed by atoms with Gasteiger partial charge in [-0.1, -0.05) is 235 Å². The first kappa shape index (κ1) is 75.2. The fourth-order valence-electron chi connectivity index (χ4n) is 9.70. The number of unbranched alkanes of at least 4 members (excludes halogenated alkanes) is 30. The minimum absolute atomic E-state index is 0.0422. The summed E-state index contributed by atoms with van der Waals surface area (Å²) in [5.74, 6) is -3.14. The second kappa shape index (κ2) is 56.6. The third-order valence-corrected chi connectivity index (χ3v) is 14.7. The fraction of sp³-hybridized carbons (Fsp3) is 0.768. The lowest BCUT2D eigenvalue weighted by Crippen LogP contribution is -2.61. The molecule has 0 spiro atoms. The Kier molecular flexibility index (Phi) is 52.6. The van der Waals surface area contributed by atoms with Crippen molar-refractivity contribution < 1.29 is 58.2 Å². The molecule has 1 aliphatic rings. The summed E-state index contributed by atoms with van der Waals surface area (Å²) in [5.41, 5.74) is 0. The standard InChI is InChI=1S/C69H118O12/c1-4-7-10-13-16-19-22-25-28-30-31-33-35-37-40-43-46-49-52-55-61(70)77-58-60(79-62(71)56-53-50-47-44-41-39-36-32-29-26-23-20-17-14-11-8-5-2)59-78-69-67(65(74)64(73)66(81-69)68(75)76)80-63(72)57-54-51-48-45-42-38-34-27-24-21-18-15-12-9-6-3/h8,11,17-18,20-21,25-29,34,60,64-67,69,73-74H,4-7,9-10,12-16,19,22-24,30-33,35-59H2,1-3H3,(H,75,76)/b11-8-,20-17-,21-18-,28-25-,29-26-,34-27-. The number of allylic oxidation sites excluding steroid dienone is 12. The quantitative estimate of drug-likeness (QED) is 0.0228. The molecule has 0 radical (unpaired) electrons. The molecule has 3 N–H and O–H groups in total. The molecule has 0 aromatic heterocycles. The highest BCUT2D eigenvalue weighted by atomic mass is 16.7. The van der Waals surface area contributed by atoms with Gasteiger partial charge in [-0.05, 0) is 109 Å². The van der Waals surface area contributed by atoms with Crippen LogP contribution in [-0.4, -0.2) is 89.2 Å². The van der Waals surface area contributed by atoms with E-state index in [9.17, 15) is 34.5 Å². The monoisotopic (exact) mass is 1140 g/mol. The molecule has 12 heteroatoms. The van der Waals surface area contributed by atoms with Crippen molar-refractivity contribution in [2.45, 2.75) is 327 Å². The Morgan fingerprint density at radius 3 is 1.22 bits per heavy atom. The third-order valence-electron chi connectivity index (χ3n) is 14.7. The number of ether oxygens (including phenoxy) is 5. The van der Waals surface area contributed by atoms with Gasteiger partial charge in [0.25, 0.3) is 0 Å². The van der Waals surface area contributed by atoms with Gasteiger partial charge in [0, 0.05) is 19.3 Å². The second-order valence-corrected chi connectivity index (χ2v) is 22.4. The number of carboxylic acid groups (broad SMARTS) is 1. The summed E-state index contributed by atoms with van der Waals surface area (Å²) < 4.78 is 28.5. The van der Waals surface area contributed by atoms with E-state index in [0.717, 1.165) is 128 Å². The zero-order chi connectivity index (χ0) is 58.9. The molecule has 1 rings (SSSR count). The molecule has 0 aromatic carbocycles. The van der Waals surface area contributed by atoms with E-state index in [1.807, 2.05) is 0 Å². The number of carbonyl (C=O) groups is 4. The summed E-state index contributed by atoms with van der Waals surface area (Å²) in [7, 11) is 0. The van der Waals surface area contributed by atoms with Crippen LogP contribution in [0.4, 0.5) is 0 Å². The average Bonchev–Trinajstić information content (AvgIpc) is 3.52. The maximum absolute atomic E-state index is 13.2. The Bertz CT molecular complexity index is 1680. The van der Waals surface area contributed by atoms with Crippen LogP contribution in [0.2, 0.25) is 0 Å². The predicted molar refractivity (Wildman–Crippen MR) is 331 cm³/mol. The van der Waals surface area contributed by atoms with Crippen LogP contribution >= 0.6 is 0 Å². The molecule has 12 nitrogen and oxygen atoms in total. The number of hydrogen-bond acceptors (Lipinski definition) is 11. The Hall–Kier alpha value is -3.84. The molecule has 466 valence electrons. The smallest absolute Gasteiger partial charge is 0.335 e. The van der Waals surface area contributed by atoms with Gasteiger partial charge in [-0.3, -0.25) is 14.4 Å². The first-order valence-corrected chi connectivity index (χ1v) is 32.9. The predicted octanol–water partition coefficient (Wildman–Crippen LogP) is 17.7. The summed E-state index contributed by atoms with van der Waals surface area (Å²) >= 11 is 0. The number of carboxylic acids is 1. The number of aliphatic hydroxyl groups excluding tert-OH is 2. The van der Waals surface area contributed by atoms with Gasteiger partial charge in [0.05, 0.1) is 6.61 Å². The zero-order valence-electron chi connectivity index (χ0n) is 51.5. The van der Waals surface area contributed by atoms with Crippen LogP contribution in [0.15, 0.2) is 72.9 Å².